The minimum atomic E-state index is -0.937. The molecule has 1 atom stereocenters. The zero-order valence-electron chi connectivity index (χ0n) is 16.1. The van der Waals surface area contributed by atoms with Gasteiger partial charge in [0.2, 0.25) is 0 Å². The summed E-state index contributed by atoms with van der Waals surface area (Å²) in [5.41, 5.74) is 4.37. The first kappa shape index (κ1) is 19.0. The van der Waals surface area contributed by atoms with Crippen molar-refractivity contribution in [3.63, 3.8) is 0 Å². The number of nitrogens with one attached hydrogen (secondary N) is 1. The molecule has 0 saturated carbocycles. The molecule has 1 amide bonds. The van der Waals surface area contributed by atoms with Gasteiger partial charge in [0.1, 0.15) is 0 Å². The Bertz CT molecular complexity index is 1130. The van der Waals surface area contributed by atoms with Gasteiger partial charge in [0.05, 0.1) is 11.9 Å². The maximum absolute atomic E-state index is 12.4. The third kappa shape index (κ3) is 4.08. The van der Waals surface area contributed by atoms with Crippen molar-refractivity contribution in [1.82, 2.24) is 4.57 Å². The Balaban J connectivity index is 1.32. The predicted octanol–water partition coefficient (Wildman–Crippen LogP) is 3.04. The number of anilines is 1. The SMILES string of the molecule is C[C@H](OC(=O)CCn1c(=O)oc2ccccc21)C(=O)Nc1ccc2c(c1)CCC2. The fraction of sp³-hybridized carbons (Fsp3) is 0.318. The average Bonchev–Trinajstić information content (AvgIpc) is 3.29. The van der Waals surface area contributed by atoms with E-state index in [1.807, 2.05) is 18.2 Å². The lowest BCUT2D eigenvalue weighted by molar-refractivity contribution is -0.153. The molecule has 1 aliphatic rings. The number of aryl methyl sites for hydroxylation is 3. The van der Waals surface area contributed by atoms with E-state index < -0.39 is 17.8 Å². The highest BCUT2D eigenvalue weighted by Crippen LogP contribution is 2.25. The Morgan fingerprint density at radius 3 is 2.83 bits per heavy atom. The van der Waals surface area contributed by atoms with Gasteiger partial charge in [-0.1, -0.05) is 18.2 Å². The van der Waals surface area contributed by atoms with Crippen LogP contribution < -0.4 is 11.1 Å². The fourth-order valence-corrected chi connectivity index (χ4v) is 3.63. The van der Waals surface area contributed by atoms with Gasteiger partial charge in [0.15, 0.2) is 11.7 Å². The van der Waals surface area contributed by atoms with Crippen LogP contribution in [0.1, 0.15) is 30.9 Å². The fourth-order valence-electron chi connectivity index (χ4n) is 3.63. The van der Waals surface area contributed by atoms with Crippen LogP contribution in [0.25, 0.3) is 11.1 Å². The quantitative estimate of drug-likeness (QED) is 0.649. The molecular weight excluding hydrogens is 372 g/mol. The molecule has 0 fully saturated rings. The summed E-state index contributed by atoms with van der Waals surface area (Å²) < 4.78 is 11.8. The third-order valence-electron chi connectivity index (χ3n) is 5.16. The van der Waals surface area contributed by atoms with Gasteiger partial charge in [0.25, 0.3) is 5.91 Å². The Kier molecular flexibility index (Phi) is 5.20. The van der Waals surface area contributed by atoms with Gasteiger partial charge in [-0.05, 0) is 61.6 Å². The van der Waals surface area contributed by atoms with Crippen molar-refractivity contribution in [3.8, 4) is 0 Å². The van der Waals surface area contributed by atoms with E-state index in [2.05, 4.69) is 5.32 Å². The molecule has 1 N–H and O–H groups in total. The number of rotatable bonds is 6. The maximum atomic E-state index is 12.4. The normalized spacial score (nSPS) is 13.8. The smallest absolute Gasteiger partial charge is 0.419 e. The van der Waals surface area contributed by atoms with Gasteiger partial charge in [-0.2, -0.15) is 0 Å². The van der Waals surface area contributed by atoms with Crippen LogP contribution in [0.15, 0.2) is 51.7 Å². The number of hydrogen-bond donors (Lipinski definition) is 1. The summed E-state index contributed by atoms with van der Waals surface area (Å²) in [6.45, 7) is 1.65. The highest BCUT2D eigenvalue weighted by atomic mass is 16.5. The molecule has 0 radical (unpaired) electrons. The van der Waals surface area contributed by atoms with Gasteiger partial charge in [-0.25, -0.2) is 4.79 Å². The van der Waals surface area contributed by atoms with Crippen molar-refractivity contribution >= 4 is 28.7 Å². The van der Waals surface area contributed by atoms with E-state index >= 15 is 0 Å². The van der Waals surface area contributed by atoms with Crippen molar-refractivity contribution in [2.24, 2.45) is 0 Å². The van der Waals surface area contributed by atoms with Crippen LogP contribution in [0, 0.1) is 0 Å². The van der Waals surface area contributed by atoms with Gasteiger partial charge in [-0.15, -0.1) is 0 Å². The standard InChI is InChI=1S/C22H22N2O5/c1-14(21(26)23-17-10-9-15-5-4-6-16(15)13-17)28-20(25)11-12-24-18-7-2-3-8-19(18)29-22(24)27/h2-3,7-10,13-14H,4-6,11-12H2,1H3,(H,23,26)/t14-/m0/s1. The number of benzene rings is 2. The van der Waals surface area contributed by atoms with E-state index in [1.165, 1.54) is 22.6 Å². The Morgan fingerprint density at radius 1 is 1.17 bits per heavy atom. The predicted molar refractivity (Wildman–Crippen MR) is 108 cm³/mol. The molecule has 0 unspecified atom stereocenters. The lowest BCUT2D eigenvalue weighted by Crippen LogP contribution is -2.30. The molecule has 0 bridgehead atoms. The molecule has 7 heteroatoms. The van der Waals surface area contributed by atoms with Crippen molar-refractivity contribution < 1.29 is 18.7 Å². The van der Waals surface area contributed by atoms with E-state index in [9.17, 15) is 14.4 Å². The summed E-state index contributed by atoms with van der Waals surface area (Å²) in [4.78, 5) is 36.5. The number of nitrogens with zero attached hydrogens (tertiary/aromatic N) is 1. The molecule has 0 saturated heterocycles. The van der Waals surface area contributed by atoms with Crippen LogP contribution in [0.3, 0.4) is 0 Å². The number of carbonyl (C=O) groups is 2. The summed E-state index contributed by atoms with van der Waals surface area (Å²) in [6, 6.07) is 12.9. The van der Waals surface area contributed by atoms with E-state index in [0.29, 0.717) is 16.8 Å². The van der Waals surface area contributed by atoms with Crippen molar-refractivity contribution in [1.29, 1.82) is 0 Å². The summed E-state index contributed by atoms with van der Waals surface area (Å²) in [6.07, 6.45) is 2.25. The number of aromatic nitrogens is 1. The van der Waals surface area contributed by atoms with E-state index in [1.54, 1.807) is 24.3 Å². The molecular formula is C22H22N2O5. The third-order valence-corrected chi connectivity index (χ3v) is 5.16. The molecule has 7 nitrogen and oxygen atoms in total. The summed E-state index contributed by atoms with van der Waals surface area (Å²) in [5.74, 6) is -1.47. The summed E-state index contributed by atoms with van der Waals surface area (Å²) in [5, 5.41) is 2.79. The number of amides is 1. The van der Waals surface area contributed by atoms with Crippen molar-refractivity contribution in [3.05, 3.63) is 64.1 Å². The van der Waals surface area contributed by atoms with Crippen LogP contribution in [-0.2, 0) is 33.7 Å². The Labute approximate surface area is 167 Å². The molecule has 29 heavy (non-hydrogen) atoms. The van der Waals surface area contributed by atoms with Crippen LogP contribution in [0.5, 0.6) is 0 Å². The number of carbonyl (C=O) groups excluding carboxylic acids is 2. The van der Waals surface area contributed by atoms with Crippen LogP contribution in [0.4, 0.5) is 5.69 Å². The number of fused-ring (bicyclic) bond motifs is 2. The number of esters is 1. The summed E-state index contributed by atoms with van der Waals surface area (Å²) in [7, 11) is 0. The van der Waals surface area contributed by atoms with E-state index in [-0.39, 0.29) is 18.9 Å². The highest BCUT2D eigenvalue weighted by molar-refractivity contribution is 5.95. The molecule has 150 valence electrons. The monoisotopic (exact) mass is 394 g/mol. The summed E-state index contributed by atoms with van der Waals surface area (Å²) >= 11 is 0. The molecule has 0 aliphatic heterocycles. The minimum Gasteiger partial charge on any atom is -0.452 e. The first-order valence-electron chi connectivity index (χ1n) is 9.72. The number of ether oxygens (including phenoxy) is 1. The second-order valence-electron chi connectivity index (χ2n) is 7.20. The second-order valence-corrected chi connectivity index (χ2v) is 7.20. The van der Waals surface area contributed by atoms with Gasteiger partial charge < -0.3 is 14.5 Å². The largest absolute Gasteiger partial charge is 0.452 e. The lowest BCUT2D eigenvalue weighted by atomic mass is 10.1. The molecule has 3 aromatic rings. The highest BCUT2D eigenvalue weighted by Gasteiger charge is 2.20. The van der Waals surface area contributed by atoms with Gasteiger partial charge >= 0.3 is 11.7 Å². The number of oxazole rings is 1. The molecule has 1 aliphatic carbocycles. The molecule has 1 aromatic heterocycles. The van der Waals surface area contributed by atoms with E-state index in [0.717, 1.165) is 19.3 Å². The second kappa shape index (κ2) is 7.95. The first-order chi connectivity index (χ1) is 14.0. The minimum absolute atomic E-state index is 0.0418. The van der Waals surface area contributed by atoms with Crippen LogP contribution >= 0.6 is 0 Å². The first-order valence-corrected chi connectivity index (χ1v) is 9.72. The molecule has 4 rings (SSSR count). The zero-order valence-corrected chi connectivity index (χ0v) is 16.1. The Hall–Kier alpha value is -3.35. The topological polar surface area (TPSA) is 90.5 Å². The molecule has 2 aromatic carbocycles. The zero-order chi connectivity index (χ0) is 20.4. The average molecular weight is 394 g/mol. The molecule has 1 heterocycles. The van der Waals surface area contributed by atoms with Gasteiger partial charge in [-0.3, -0.25) is 14.2 Å². The van der Waals surface area contributed by atoms with Crippen LogP contribution in [0.2, 0.25) is 0 Å². The lowest BCUT2D eigenvalue weighted by Gasteiger charge is -2.14. The Morgan fingerprint density at radius 2 is 1.97 bits per heavy atom. The van der Waals surface area contributed by atoms with E-state index in [4.69, 9.17) is 9.15 Å². The van der Waals surface area contributed by atoms with Gasteiger partial charge in [0, 0.05) is 12.2 Å². The number of hydrogen-bond acceptors (Lipinski definition) is 5. The van der Waals surface area contributed by atoms with Crippen molar-refractivity contribution in [2.45, 2.75) is 45.3 Å². The number of para-hydroxylation sites is 2. The maximum Gasteiger partial charge on any atom is 0.419 e. The van der Waals surface area contributed by atoms with Crippen molar-refractivity contribution in [2.75, 3.05) is 5.32 Å². The molecule has 0 spiro atoms. The van der Waals surface area contributed by atoms with Crippen LogP contribution in [-0.4, -0.2) is 22.5 Å².